The fraction of sp³-hybridized carbons (Fsp3) is 0.294. The lowest BCUT2D eigenvalue weighted by molar-refractivity contribution is 0.0673. The Labute approximate surface area is 133 Å². The van der Waals surface area contributed by atoms with Crippen LogP contribution >= 0.6 is 0 Å². The van der Waals surface area contributed by atoms with Crippen LogP contribution in [0, 0.1) is 0 Å². The standard InChI is InChI=1S/C17H17FN2O3/c18-13-8-14(11-21)20(10-13)17(22)12-3-5-15(6-4-12)23-16-2-1-7-19-9-16/h1-7,9,13-14,21H,8,10-11H2/t13-,14-/m0/s1. The molecule has 0 bridgehead atoms. The Morgan fingerprint density at radius 3 is 2.74 bits per heavy atom. The lowest BCUT2D eigenvalue weighted by Gasteiger charge is -2.22. The van der Waals surface area contributed by atoms with E-state index in [-0.39, 0.29) is 25.5 Å². The normalized spacial score (nSPS) is 20.5. The minimum Gasteiger partial charge on any atom is -0.456 e. The summed E-state index contributed by atoms with van der Waals surface area (Å²) in [5.74, 6) is 0.905. The van der Waals surface area contributed by atoms with Crippen molar-refractivity contribution in [3.05, 3.63) is 54.4 Å². The largest absolute Gasteiger partial charge is 0.456 e. The van der Waals surface area contributed by atoms with Gasteiger partial charge in [-0.15, -0.1) is 0 Å². The Balaban J connectivity index is 1.70. The second kappa shape index (κ2) is 6.75. The molecule has 0 saturated carbocycles. The fourth-order valence-corrected chi connectivity index (χ4v) is 2.66. The van der Waals surface area contributed by atoms with Gasteiger partial charge in [0.25, 0.3) is 5.91 Å². The van der Waals surface area contributed by atoms with Crippen LogP contribution in [0.3, 0.4) is 0 Å². The molecule has 2 heterocycles. The van der Waals surface area contributed by atoms with Crippen LogP contribution in [0.1, 0.15) is 16.8 Å². The van der Waals surface area contributed by atoms with Crippen LogP contribution in [0.2, 0.25) is 0 Å². The topological polar surface area (TPSA) is 62.7 Å². The summed E-state index contributed by atoms with van der Waals surface area (Å²) >= 11 is 0. The number of rotatable bonds is 4. The molecule has 0 spiro atoms. The third-order valence-corrected chi connectivity index (χ3v) is 3.81. The predicted molar refractivity (Wildman–Crippen MR) is 82.2 cm³/mol. The molecule has 1 amide bonds. The molecule has 1 saturated heterocycles. The molecule has 120 valence electrons. The highest BCUT2D eigenvalue weighted by molar-refractivity contribution is 5.94. The van der Waals surface area contributed by atoms with E-state index < -0.39 is 12.2 Å². The minimum atomic E-state index is -1.08. The molecule has 0 aliphatic carbocycles. The highest BCUT2D eigenvalue weighted by atomic mass is 19.1. The van der Waals surface area contributed by atoms with Gasteiger partial charge in [-0.05, 0) is 36.4 Å². The van der Waals surface area contributed by atoms with Gasteiger partial charge in [0, 0.05) is 18.2 Å². The molecule has 6 heteroatoms. The highest BCUT2D eigenvalue weighted by Crippen LogP contribution is 2.24. The maximum Gasteiger partial charge on any atom is 0.254 e. The van der Waals surface area contributed by atoms with Gasteiger partial charge in [0.1, 0.15) is 17.7 Å². The van der Waals surface area contributed by atoms with Crippen molar-refractivity contribution in [1.82, 2.24) is 9.88 Å². The van der Waals surface area contributed by atoms with Gasteiger partial charge in [0.15, 0.2) is 0 Å². The van der Waals surface area contributed by atoms with Crippen LogP contribution in [-0.4, -0.2) is 46.3 Å². The maximum atomic E-state index is 13.5. The first-order chi connectivity index (χ1) is 11.2. The first-order valence-corrected chi connectivity index (χ1v) is 7.41. The summed E-state index contributed by atoms with van der Waals surface area (Å²) in [6, 6.07) is 9.71. The van der Waals surface area contributed by atoms with Crippen LogP contribution < -0.4 is 4.74 Å². The number of aromatic nitrogens is 1. The summed E-state index contributed by atoms with van der Waals surface area (Å²) in [6.07, 6.45) is 2.35. The quantitative estimate of drug-likeness (QED) is 0.941. The molecule has 1 aliphatic heterocycles. The van der Waals surface area contributed by atoms with Crippen molar-refractivity contribution in [2.45, 2.75) is 18.6 Å². The summed E-state index contributed by atoms with van der Waals surface area (Å²) in [6.45, 7) is -0.202. The van der Waals surface area contributed by atoms with E-state index in [9.17, 15) is 14.3 Å². The predicted octanol–water partition coefficient (Wildman–Crippen LogP) is 2.42. The number of ether oxygens (including phenoxy) is 1. The average molecular weight is 316 g/mol. The molecular weight excluding hydrogens is 299 g/mol. The van der Waals surface area contributed by atoms with Gasteiger partial charge < -0.3 is 14.7 Å². The first kappa shape index (κ1) is 15.4. The van der Waals surface area contributed by atoms with Crippen molar-refractivity contribution < 1.29 is 19.0 Å². The zero-order chi connectivity index (χ0) is 16.2. The van der Waals surface area contributed by atoms with Gasteiger partial charge in [-0.25, -0.2) is 4.39 Å². The van der Waals surface area contributed by atoms with Crippen LogP contribution in [-0.2, 0) is 0 Å². The SMILES string of the molecule is O=C(c1ccc(Oc2cccnc2)cc1)N1C[C@@H](F)C[C@H]1CO. The van der Waals surface area contributed by atoms with Gasteiger partial charge in [0.05, 0.1) is 25.4 Å². The van der Waals surface area contributed by atoms with Gasteiger partial charge >= 0.3 is 0 Å². The average Bonchev–Trinajstić information content (AvgIpc) is 2.97. The number of alkyl halides is 1. The number of hydrogen-bond acceptors (Lipinski definition) is 4. The monoisotopic (exact) mass is 316 g/mol. The lowest BCUT2D eigenvalue weighted by Crippen LogP contribution is -2.37. The van der Waals surface area contributed by atoms with Crippen molar-refractivity contribution in [3.8, 4) is 11.5 Å². The number of aliphatic hydroxyl groups excluding tert-OH is 1. The summed E-state index contributed by atoms with van der Waals surface area (Å²) in [5, 5.41) is 9.27. The van der Waals surface area contributed by atoms with Crippen LogP contribution in [0.25, 0.3) is 0 Å². The molecule has 1 aromatic heterocycles. The third kappa shape index (κ3) is 3.48. The minimum absolute atomic E-state index is 0.0258. The number of benzene rings is 1. The molecule has 1 N–H and O–H groups in total. The number of amides is 1. The second-order valence-corrected chi connectivity index (χ2v) is 5.44. The van der Waals surface area contributed by atoms with Crippen LogP contribution in [0.15, 0.2) is 48.8 Å². The van der Waals surface area contributed by atoms with Gasteiger partial charge in [-0.1, -0.05) is 0 Å². The van der Waals surface area contributed by atoms with E-state index in [2.05, 4.69) is 4.98 Å². The fourth-order valence-electron chi connectivity index (χ4n) is 2.66. The number of halogens is 1. The van der Waals surface area contributed by atoms with E-state index in [0.29, 0.717) is 17.1 Å². The van der Waals surface area contributed by atoms with Crippen LogP contribution in [0.4, 0.5) is 4.39 Å². The molecule has 2 atom stereocenters. The Bertz CT molecular complexity index is 663. The summed E-state index contributed by atoms with van der Waals surface area (Å²) in [7, 11) is 0. The van der Waals surface area contributed by atoms with Gasteiger partial charge in [-0.3, -0.25) is 9.78 Å². The summed E-state index contributed by atoms with van der Waals surface area (Å²) in [4.78, 5) is 17.8. The highest BCUT2D eigenvalue weighted by Gasteiger charge is 2.35. The number of hydrogen-bond donors (Lipinski definition) is 1. The number of pyridine rings is 1. The smallest absolute Gasteiger partial charge is 0.254 e. The molecule has 1 aromatic carbocycles. The van der Waals surface area contributed by atoms with Gasteiger partial charge in [-0.2, -0.15) is 0 Å². The number of aliphatic hydroxyl groups is 1. The lowest BCUT2D eigenvalue weighted by atomic mass is 10.1. The first-order valence-electron chi connectivity index (χ1n) is 7.41. The van der Waals surface area contributed by atoms with E-state index in [4.69, 9.17) is 4.74 Å². The third-order valence-electron chi connectivity index (χ3n) is 3.81. The van der Waals surface area contributed by atoms with E-state index in [0.717, 1.165) is 0 Å². The molecular formula is C17H17FN2O3. The molecule has 0 radical (unpaired) electrons. The molecule has 3 rings (SSSR count). The second-order valence-electron chi connectivity index (χ2n) is 5.44. The van der Waals surface area contributed by atoms with Crippen molar-refractivity contribution in [2.75, 3.05) is 13.2 Å². The molecule has 0 unspecified atom stereocenters. The van der Waals surface area contributed by atoms with E-state index in [1.54, 1.807) is 48.8 Å². The Morgan fingerprint density at radius 2 is 2.09 bits per heavy atom. The molecule has 5 nitrogen and oxygen atoms in total. The molecule has 23 heavy (non-hydrogen) atoms. The molecule has 2 aromatic rings. The Hall–Kier alpha value is -2.47. The number of likely N-dealkylation sites (tertiary alicyclic amines) is 1. The van der Waals surface area contributed by atoms with Crippen molar-refractivity contribution in [1.29, 1.82) is 0 Å². The maximum absolute atomic E-state index is 13.5. The number of carbonyl (C=O) groups is 1. The van der Waals surface area contributed by atoms with E-state index in [1.807, 2.05) is 0 Å². The number of nitrogens with zero attached hydrogens (tertiary/aromatic N) is 2. The summed E-state index contributed by atoms with van der Waals surface area (Å²) in [5.41, 5.74) is 0.441. The van der Waals surface area contributed by atoms with E-state index >= 15 is 0 Å². The zero-order valence-electron chi connectivity index (χ0n) is 12.4. The summed E-state index contributed by atoms with van der Waals surface area (Å²) < 4.78 is 19.1. The number of carbonyl (C=O) groups excluding carboxylic acids is 1. The Morgan fingerprint density at radius 1 is 1.30 bits per heavy atom. The van der Waals surface area contributed by atoms with E-state index in [1.165, 1.54) is 4.90 Å². The molecule has 1 aliphatic rings. The van der Waals surface area contributed by atoms with Crippen molar-refractivity contribution >= 4 is 5.91 Å². The van der Waals surface area contributed by atoms with Crippen molar-refractivity contribution in [2.24, 2.45) is 0 Å². The zero-order valence-corrected chi connectivity index (χ0v) is 12.4. The Kier molecular flexibility index (Phi) is 4.52. The van der Waals surface area contributed by atoms with Gasteiger partial charge in [0.2, 0.25) is 0 Å². The van der Waals surface area contributed by atoms with Crippen molar-refractivity contribution in [3.63, 3.8) is 0 Å². The molecule has 1 fully saturated rings. The van der Waals surface area contributed by atoms with Crippen LogP contribution in [0.5, 0.6) is 11.5 Å².